The van der Waals surface area contributed by atoms with E-state index in [0.717, 1.165) is 12.1 Å². The van der Waals surface area contributed by atoms with E-state index >= 15 is 0 Å². The van der Waals surface area contributed by atoms with Crippen molar-refractivity contribution in [2.24, 2.45) is 0 Å². The zero-order valence-corrected chi connectivity index (χ0v) is 21.4. The minimum atomic E-state index is -3.73. The number of hydrogen-bond acceptors (Lipinski definition) is 4. The Hall–Kier alpha value is -2.87. The van der Waals surface area contributed by atoms with Crippen LogP contribution in [0.2, 0.25) is 5.02 Å². The highest BCUT2D eigenvalue weighted by atomic mass is 35.5. The molecule has 0 spiro atoms. The lowest BCUT2D eigenvalue weighted by molar-refractivity contribution is 0.0951. The number of halogens is 1. The highest BCUT2D eigenvalue weighted by Gasteiger charge is 2.21. The summed E-state index contributed by atoms with van der Waals surface area (Å²) in [5, 5.41) is 3.40. The number of anilines is 1. The molecule has 8 heteroatoms. The molecule has 184 valence electrons. The highest BCUT2D eigenvalue weighted by Crippen LogP contribution is 2.23. The lowest BCUT2D eigenvalue weighted by Gasteiger charge is -2.26. The number of rotatable bonds is 8. The summed E-state index contributed by atoms with van der Waals surface area (Å²) in [4.78, 5) is 15.3. The number of hydrogen-bond donors (Lipinski definition) is 1. The Bertz CT molecular complexity index is 1240. The molecule has 3 aromatic carbocycles. The van der Waals surface area contributed by atoms with Gasteiger partial charge in [0.1, 0.15) is 0 Å². The van der Waals surface area contributed by atoms with Gasteiger partial charge in [-0.3, -0.25) is 14.0 Å². The smallest absolute Gasteiger partial charge is 0.264 e. The van der Waals surface area contributed by atoms with Gasteiger partial charge in [-0.15, -0.1) is 0 Å². The maximum Gasteiger partial charge on any atom is 0.264 e. The molecule has 35 heavy (non-hydrogen) atoms. The van der Waals surface area contributed by atoms with Crippen LogP contribution in [0.1, 0.15) is 40.7 Å². The van der Waals surface area contributed by atoms with E-state index in [1.807, 2.05) is 0 Å². The first-order chi connectivity index (χ1) is 16.8. The molecule has 0 aromatic heterocycles. The molecule has 0 unspecified atom stereocenters. The number of carbonyl (C=O) groups excluding carboxylic acids is 1. The molecular weight excluding hydrogens is 482 g/mol. The van der Waals surface area contributed by atoms with Crippen molar-refractivity contribution in [3.63, 3.8) is 0 Å². The standard InChI is InChI=1S/C27H30ClN3O3S/c1-30(35(33,34)26-15-11-24(28)12-16-26)25-13-9-23(10-14-25)27(32)29-19-21-5-7-22(8-6-21)20-31-17-3-2-4-18-31/h5-16H,2-4,17-20H2,1H3,(H,29,32). The molecule has 1 amide bonds. The molecule has 3 aromatic rings. The molecule has 0 saturated carbocycles. The van der Waals surface area contributed by atoms with Crippen molar-refractivity contribution in [3.8, 4) is 0 Å². The third-order valence-corrected chi connectivity index (χ3v) is 8.35. The van der Waals surface area contributed by atoms with Crippen LogP contribution in [0.3, 0.4) is 0 Å². The van der Waals surface area contributed by atoms with Crippen LogP contribution >= 0.6 is 11.6 Å². The molecule has 1 aliphatic rings. The Morgan fingerprint density at radius 1 is 0.886 bits per heavy atom. The number of benzene rings is 3. The summed E-state index contributed by atoms with van der Waals surface area (Å²) in [6.07, 6.45) is 3.89. The van der Waals surface area contributed by atoms with E-state index in [9.17, 15) is 13.2 Å². The van der Waals surface area contributed by atoms with Gasteiger partial charge in [0.15, 0.2) is 0 Å². The lowest BCUT2D eigenvalue weighted by atomic mass is 10.1. The Kier molecular flexibility index (Phi) is 8.11. The Balaban J connectivity index is 1.32. The second kappa shape index (κ2) is 11.2. The number of piperidine rings is 1. The zero-order chi connectivity index (χ0) is 24.8. The van der Waals surface area contributed by atoms with Gasteiger partial charge >= 0.3 is 0 Å². The fourth-order valence-electron chi connectivity index (χ4n) is 4.15. The molecule has 6 nitrogen and oxygen atoms in total. The molecule has 1 aliphatic heterocycles. The van der Waals surface area contributed by atoms with Gasteiger partial charge in [0.05, 0.1) is 10.6 Å². The van der Waals surface area contributed by atoms with Gasteiger partial charge in [0.2, 0.25) is 0 Å². The summed E-state index contributed by atoms with van der Waals surface area (Å²) in [5.74, 6) is -0.211. The second-order valence-corrected chi connectivity index (χ2v) is 11.2. The fraction of sp³-hybridized carbons (Fsp3) is 0.296. The molecule has 0 radical (unpaired) electrons. The van der Waals surface area contributed by atoms with Crippen LogP contribution in [-0.4, -0.2) is 39.4 Å². The van der Waals surface area contributed by atoms with Crippen LogP contribution in [-0.2, 0) is 23.1 Å². The Labute approximate surface area is 212 Å². The van der Waals surface area contributed by atoms with Gasteiger partial charge in [-0.2, -0.15) is 0 Å². The van der Waals surface area contributed by atoms with Crippen LogP contribution in [0.25, 0.3) is 0 Å². The maximum absolute atomic E-state index is 12.9. The van der Waals surface area contributed by atoms with Crippen LogP contribution < -0.4 is 9.62 Å². The molecule has 1 heterocycles. The zero-order valence-electron chi connectivity index (χ0n) is 19.8. The topological polar surface area (TPSA) is 69.7 Å². The van der Waals surface area contributed by atoms with E-state index in [4.69, 9.17) is 11.6 Å². The number of nitrogens with zero attached hydrogens (tertiary/aromatic N) is 2. The van der Waals surface area contributed by atoms with Crippen molar-refractivity contribution in [1.82, 2.24) is 10.2 Å². The first-order valence-corrected chi connectivity index (χ1v) is 13.6. The maximum atomic E-state index is 12.9. The molecule has 1 N–H and O–H groups in total. The van der Waals surface area contributed by atoms with Gasteiger partial charge < -0.3 is 5.32 Å². The molecule has 0 bridgehead atoms. The number of likely N-dealkylation sites (tertiary alicyclic amines) is 1. The minimum Gasteiger partial charge on any atom is -0.348 e. The lowest BCUT2D eigenvalue weighted by Crippen LogP contribution is -2.29. The summed E-state index contributed by atoms with van der Waals surface area (Å²) in [5.41, 5.74) is 3.25. The number of amides is 1. The first kappa shape index (κ1) is 25.2. The van der Waals surface area contributed by atoms with Crippen LogP contribution in [0.15, 0.2) is 77.7 Å². The van der Waals surface area contributed by atoms with E-state index in [1.165, 1.54) is 73.5 Å². The van der Waals surface area contributed by atoms with E-state index in [2.05, 4.69) is 34.5 Å². The van der Waals surface area contributed by atoms with Crippen molar-refractivity contribution in [2.45, 2.75) is 37.2 Å². The highest BCUT2D eigenvalue weighted by molar-refractivity contribution is 7.92. The fourth-order valence-corrected chi connectivity index (χ4v) is 5.47. The van der Waals surface area contributed by atoms with Crippen molar-refractivity contribution < 1.29 is 13.2 Å². The first-order valence-electron chi connectivity index (χ1n) is 11.8. The normalized spacial score (nSPS) is 14.5. The summed E-state index contributed by atoms with van der Waals surface area (Å²) in [6.45, 7) is 3.73. The average molecular weight is 512 g/mol. The third kappa shape index (κ3) is 6.42. The van der Waals surface area contributed by atoms with E-state index < -0.39 is 10.0 Å². The van der Waals surface area contributed by atoms with Gasteiger partial charge in [-0.25, -0.2) is 8.42 Å². The van der Waals surface area contributed by atoms with Gasteiger partial charge in [-0.05, 0) is 85.6 Å². The quantitative estimate of drug-likeness (QED) is 0.458. The predicted octanol–water partition coefficient (Wildman–Crippen LogP) is 5.08. The monoisotopic (exact) mass is 511 g/mol. The number of carbonyl (C=O) groups is 1. The summed E-state index contributed by atoms with van der Waals surface area (Å²) < 4.78 is 26.9. The minimum absolute atomic E-state index is 0.146. The van der Waals surface area contributed by atoms with Crippen LogP contribution in [0.4, 0.5) is 5.69 Å². The Morgan fingerprint density at radius 3 is 2.11 bits per heavy atom. The molecule has 0 aliphatic carbocycles. The number of nitrogens with one attached hydrogen (secondary N) is 1. The third-order valence-electron chi connectivity index (χ3n) is 6.30. The van der Waals surface area contributed by atoms with Crippen molar-refractivity contribution in [2.75, 3.05) is 24.4 Å². The summed E-state index contributed by atoms with van der Waals surface area (Å²) in [6, 6.07) is 20.9. The summed E-state index contributed by atoms with van der Waals surface area (Å²) >= 11 is 5.86. The second-order valence-electron chi connectivity index (χ2n) is 8.81. The molecular formula is C27H30ClN3O3S. The van der Waals surface area contributed by atoms with Crippen LogP contribution in [0, 0.1) is 0 Å². The predicted molar refractivity (Wildman–Crippen MR) is 140 cm³/mol. The average Bonchev–Trinajstić information content (AvgIpc) is 2.88. The van der Waals surface area contributed by atoms with E-state index in [1.54, 1.807) is 24.3 Å². The van der Waals surface area contributed by atoms with E-state index in [-0.39, 0.29) is 10.8 Å². The molecule has 4 rings (SSSR count). The SMILES string of the molecule is CN(c1ccc(C(=O)NCc2ccc(CN3CCCCC3)cc2)cc1)S(=O)(=O)c1ccc(Cl)cc1. The molecule has 0 atom stereocenters. The van der Waals surface area contributed by atoms with Crippen molar-refractivity contribution in [1.29, 1.82) is 0 Å². The van der Waals surface area contributed by atoms with Gasteiger partial charge in [0.25, 0.3) is 15.9 Å². The van der Waals surface area contributed by atoms with E-state index in [0.29, 0.717) is 22.8 Å². The summed E-state index contributed by atoms with van der Waals surface area (Å²) in [7, 11) is -2.25. The van der Waals surface area contributed by atoms with Crippen LogP contribution in [0.5, 0.6) is 0 Å². The Morgan fingerprint density at radius 2 is 1.49 bits per heavy atom. The van der Waals surface area contributed by atoms with Crippen molar-refractivity contribution >= 4 is 33.2 Å². The van der Waals surface area contributed by atoms with Crippen molar-refractivity contribution in [3.05, 3.63) is 94.5 Å². The van der Waals surface area contributed by atoms with Gasteiger partial charge in [-0.1, -0.05) is 42.3 Å². The van der Waals surface area contributed by atoms with Gasteiger partial charge in [0, 0.05) is 30.7 Å². The molecule has 1 saturated heterocycles. The number of sulfonamides is 1. The molecule has 1 fully saturated rings. The largest absolute Gasteiger partial charge is 0.348 e.